The summed E-state index contributed by atoms with van der Waals surface area (Å²) in [7, 11) is 1.63. The molecule has 0 spiro atoms. The molecule has 1 saturated heterocycles. The fourth-order valence-electron chi connectivity index (χ4n) is 2.57. The minimum Gasteiger partial charge on any atom is -0.481 e. The summed E-state index contributed by atoms with van der Waals surface area (Å²) in [4.78, 5) is 38.7. The fourth-order valence-corrected chi connectivity index (χ4v) is 3.70. The number of carbonyl (C=O) groups is 3. The second-order valence-electron chi connectivity index (χ2n) is 6.08. The van der Waals surface area contributed by atoms with E-state index in [0.717, 1.165) is 18.6 Å². The highest BCUT2D eigenvalue weighted by molar-refractivity contribution is 8.00. The van der Waals surface area contributed by atoms with Gasteiger partial charge in [0.15, 0.2) is 0 Å². The largest absolute Gasteiger partial charge is 0.481 e. The van der Waals surface area contributed by atoms with Crippen molar-refractivity contribution >= 4 is 29.5 Å². The van der Waals surface area contributed by atoms with E-state index in [1.165, 1.54) is 4.90 Å². The van der Waals surface area contributed by atoms with E-state index < -0.39 is 11.9 Å². The Morgan fingerprint density at radius 3 is 2.70 bits per heavy atom. The van der Waals surface area contributed by atoms with E-state index in [9.17, 15) is 14.4 Å². The summed E-state index contributed by atoms with van der Waals surface area (Å²) >= 11 is 1.61. The summed E-state index contributed by atoms with van der Waals surface area (Å²) in [5, 5.41) is 8.92. The van der Waals surface area contributed by atoms with Gasteiger partial charge >= 0.3 is 5.97 Å². The maximum absolute atomic E-state index is 12.3. The molecule has 0 aromatic heterocycles. The molecule has 1 aliphatic rings. The molecule has 2 amide bonds. The Hall–Kier alpha value is -1.24. The second-order valence-corrected chi connectivity index (χ2v) is 7.53. The average Bonchev–Trinajstić information content (AvgIpc) is 2.54. The smallest absolute Gasteiger partial charge is 0.308 e. The fraction of sp³-hybridized carbons (Fsp3) is 0.812. The molecule has 0 aromatic carbocycles. The van der Waals surface area contributed by atoms with Crippen LogP contribution in [0.1, 0.15) is 39.5 Å². The summed E-state index contributed by atoms with van der Waals surface area (Å²) in [6.45, 7) is 4.82. The van der Waals surface area contributed by atoms with Gasteiger partial charge in [-0.25, -0.2) is 0 Å². The van der Waals surface area contributed by atoms with E-state index in [1.54, 1.807) is 23.7 Å². The first-order valence-electron chi connectivity index (χ1n) is 8.24. The zero-order valence-corrected chi connectivity index (χ0v) is 15.1. The van der Waals surface area contributed by atoms with Crippen molar-refractivity contribution in [1.29, 1.82) is 0 Å². The number of thioether (sulfide) groups is 1. The number of likely N-dealkylation sites (tertiary alicyclic amines) is 1. The van der Waals surface area contributed by atoms with Gasteiger partial charge in [-0.2, -0.15) is 0 Å². The van der Waals surface area contributed by atoms with Gasteiger partial charge in [0.05, 0.1) is 17.7 Å². The quantitative estimate of drug-likeness (QED) is 0.678. The standard InChI is InChI=1S/C16H28N2O4S/c1-4-5-9-23-12(2)15(20)17(3)11-14(19)18-8-6-7-13(10-18)16(21)22/h12-13H,4-11H2,1-3H3,(H,21,22). The van der Waals surface area contributed by atoms with Crippen LogP contribution in [0.4, 0.5) is 0 Å². The first kappa shape index (κ1) is 19.8. The van der Waals surface area contributed by atoms with Crippen molar-refractivity contribution in [3.8, 4) is 0 Å². The zero-order valence-electron chi connectivity index (χ0n) is 14.3. The van der Waals surface area contributed by atoms with Crippen LogP contribution in [0.3, 0.4) is 0 Å². The van der Waals surface area contributed by atoms with Crippen LogP contribution in [0.25, 0.3) is 0 Å². The van der Waals surface area contributed by atoms with Gasteiger partial charge < -0.3 is 14.9 Å². The summed E-state index contributed by atoms with van der Waals surface area (Å²) in [6.07, 6.45) is 3.49. The van der Waals surface area contributed by atoms with Crippen LogP contribution in [0.15, 0.2) is 0 Å². The van der Waals surface area contributed by atoms with Crippen LogP contribution in [-0.4, -0.2) is 70.4 Å². The maximum Gasteiger partial charge on any atom is 0.308 e. The summed E-state index contributed by atoms with van der Waals surface area (Å²) < 4.78 is 0. The number of hydrogen-bond donors (Lipinski definition) is 1. The molecule has 1 N–H and O–H groups in total. The Bertz CT molecular complexity index is 430. The molecule has 132 valence electrons. The molecule has 0 aliphatic carbocycles. The highest BCUT2D eigenvalue weighted by Gasteiger charge is 2.29. The van der Waals surface area contributed by atoms with Gasteiger partial charge in [0.2, 0.25) is 11.8 Å². The lowest BCUT2D eigenvalue weighted by atomic mass is 9.98. The molecular weight excluding hydrogens is 316 g/mol. The Balaban J connectivity index is 2.45. The van der Waals surface area contributed by atoms with Crippen molar-refractivity contribution < 1.29 is 19.5 Å². The van der Waals surface area contributed by atoms with Gasteiger partial charge in [0.1, 0.15) is 0 Å². The van der Waals surface area contributed by atoms with Crippen molar-refractivity contribution in [3.05, 3.63) is 0 Å². The van der Waals surface area contributed by atoms with E-state index in [2.05, 4.69) is 6.92 Å². The summed E-state index contributed by atoms with van der Waals surface area (Å²) in [5.41, 5.74) is 0. The number of rotatable bonds is 8. The molecule has 23 heavy (non-hydrogen) atoms. The number of carbonyl (C=O) groups excluding carboxylic acids is 2. The van der Waals surface area contributed by atoms with Crippen molar-refractivity contribution in [3.63, 3.8) is 0 Å². The molecule has 2 atom stereocenters. The summed E-state index contributed by atoms with van der Waals surface area (Å²) in [5.74, 6) is -0.619. The molecule has 1 aliphatic heterocycles. The third-order valence-electron chi connectivity index (χ3n) is 4.09. The van der Waals surface area contributed by atoms with Crippen LogP contribution in [-0.2, 0) is 14.4 Å². The molecule has 1 heterocycles. The van der Waals surface area contributed by atoms with E-state index in [4.69, 9.17) is 5.11 Å². The molecule has 0 aromatic rings. The van der Waals surface area contributed by atoms with Gasteiger partial charge in [0, 0.05) is 20.1 Å². The molecule has 0 radical (unpaired) electrons. The highest BCUT2D eigenvalue weighted by Crippen LogP contribution is 2.18. The number of hydrogen-bond acceptors (Lipinski definition) is 4. The lowest BCUT2D eigenvalue weighted by Crippen LogP contribution is -2.47. The Morgan fingerprint density at radius 1 is 1.39 bits per heavy atom. The minimum absolute atomic E-state index is 0.0177. The summed E-state index contributed by atoms with van der Waals surface area (Å²) in [6, 6.07) is 0. The third kappa shape index (κ3) is 6.41. The van der Waals surface area contributed by atoms with Crippen LogP contribution in [0.5, 0.6) is 0 Å². The normalized spacial score (nSPS) is 19.3. The Kier molecular flexibility index (Phi) is 8.44. The van der Waals surface area contributed by atoms with Crippen LogP contribution < -0.4 is 0 Å². The van der Waals surface area contributed by atoms with E-state index in [1.807, 2.05) is 6.92 Å². The van der Waals surface area contributed by atoms with E-state index in [-0.39, 0.29) is 30.2 Å². The average molecular weight is 344 g/mol. The lowest BCUT2D eigenvalue weighted by Gasteiger charge is -2.32. The first-order valence-corrected chi connectivity index (χ1v) is 9.28. The molecule has 1 rings (SSSR count). The minimum atomic E-state index is -0.854. The number of carboxylic acids is 1. The number of unbranched alkanes of at least 4 members (excludes halogenated alkanes) is 1. The molecular formula is C16H28N2O4S. The van der Waals surface area contributed by atoms with E-state index in [0.29, 0.717) is 19.4 Å². The van der Waals surface area contributed by atoms with Crippen molar-refractivity contribution in [2.45, 2.75) is 44.8 Å². The van der Waals surface area contributed by atoms with Gasteiger partial charge in [-0.1, -0.05) is 13.3 Å². The van der Waals surface area contributed by atoms with Crippen LogP contribution in [0.2, 0.25) is 0 Å². The number of aliphatic carboxylic acids is 1. The van der Waals surface area contributed by atoms with Crippen molar-refractivity contribution in [1.82, 2.24) is 9.80 Å². The number of likely N-dealkylation sites (N-methyl/N-ethyl adjacent to an activating group) is 1. The Labute approximate surface area is 142 Å². The first-order chi connectivity index (χ1) is 10.9. The van der Waals surface area contributed by atoms with Crippen molar-refractivity contribution in [2.75, 3.05) is 32.4 Å². The topological polar surface area (TPSA) is 77.9 Å². The van der Waals surface area contributed by atoms with E-state index >= 15 is 0 Å². The second kappa shape index (κ2) is 9.80. The SMILES string of the molecule is CCCCSC(C)C(=O)N(C)CC(=O)N1CCCC(C(=O)O)C1. The maximum atomic E-state index is 12.3. The number of amides is 2. The number of piperidine rings is 1. The molecule has 0 saturated carbocycles. The third-order valence-corrected chi connectivity index (χ3v) is 5.31. The molecule has 1 fully saturated rings. The zero-order chi connectivity index (χ0) is 17.4. The predicted octanol–water partition coefficient (Wildman–Crippen LogP) is 1.69. The van der Waals surface area contributed by atoms with Gasteiger partial charge in [0.25, 0.3) is 0 Å². The molecule has 2 unspecified atom stereocenters. The lowest BCUT2D eigenvalue weighted by molar-refractivity contribution is -0.147. The Morgan fingerprint density at radius 2 is 2.09 bits per heavy atom. The number of carboxylic acid groups (broad SMARTS) is 1. The van der Waals surface area contributed by atoms with Crippen LogP contribution in [0, 0.1) is 5.92 Å². The molecule has 7 heteroatoms. The van der Waals surface area contributed by atoms with Crippen molar-refractivity contribution in [2.24, 2.45) is 5.92 Å². The van der Waals surface area contributed by atoms with Gasteiger partial charge in [-0.15, -0.1) is 11.8 Å². The molecule has 0 bridgehead atoms. The highest BCUT2D eigenvalue weighted by atomic mass is 32.2. The monoisotopic (exact) mass is 344 g/mol. The molecule has 6 nitrogen and oxygen atoms in total. The van der Waals surface area contributed by atoms with Crippen LogP contribution >= 0.6 is 11.8 Å². The number of nitrogens with zero attached hydrogens (tertiary/aromatic N) is 2. The van der Waals surface area contributed by atoms with Gasteiger partial charge in [-0.05, 0) is 31.9 Å². The van der Waals surface area contributed by atoms with Gasteiger partial charge in [-0.3, -0.25) is 14.4 Å². The predicted molar refractivity (Wildman–Crippen MR) is 91.4 cm³/mol.